The number of ether oxygens (including phenoxy) is 1. The number of rotatable bonds is 12. The molecule has 0 heterocycles. The first-order chi connectivity index (χ1) is 15.6. The van der Waals surface area contributed by atoms with Gasteiger partial charge in [-0.3, -0.25) is 9.59 Å². The molecule has 9 heteroatoms. The van der Waals surface area contributed by atoms with Crippen molar-refractivity contribution in [1.29, 1.82) is 0 Å². The van der Waals surface area contributed by atoms with Crippen LogP contribution in [0.1, 0.15) is 92.1 Å². The van der Waals surface area contributed by atoms with E-state index in [1.807, 2.05) is 13.8 Å². The number of benzene rings is 2. The Kier molecular flexibility index (Phi) is 9.44. The topological polar surface area (TPSA) is 118 Å². The van der Waals surface area contributed by atoms with Crippen molar-refractivity contribution in [1.82, 2.24) is 0 Å². The maximum atomic E-state index is 12.2. The van der Waals surface area contributed by atoms with Crippen molar-refractivity contribution < 1.29 is 34.1 Å². The van der Waals surface area contributed by atoms with Gasteiger partial charge in [0.1, 0.15) is 11.5 Å². The van der Waals surface area contributed by atoms with E-state index in [0.717, 1.165) is 25.3 Å². The molecule has 7 nitrogen and oxygen atoms in total. The van der Waals surface area contributed by atoms with Gasteiger partial charge in [0.2, 0.25) is 0 Å². The minimum atomic E-state index is -1.37. The monoisotopic (exact) mass is 494 g/mol. The fourth-order valence-corrected chi connectivity index (χ4v) is 3.94. The lowest BCUT2D eigenvalue weighted by Crippen LogP contribution is -2.13. The molecule has 2 N–H and O–H groups in total. The summed E-state index contributed by atoms with van der Waals surface area (Å²) in [7, 11) is 0. The van der Waals surface area contributed by atoms with Gasteiger partial charge in [0, 0.05) is 5.56 Å². The molecule has 0 amide bonds. The summed E-state index contributed by atoms with van der Waals surface area (Å²) in [6.45, 7) is 3.96. The molecule has 0 aliphatic heterocycles. The van der Waals surface area contributed by atoms with E-state index in [4.69, 9.17) is 27.9 Å². The van der Waals surface area contributed by atoms with Gasteiger partial charge in [-0.1, -0.05) is 26.7 Å². The average molecular weight is 495 g/mol. The lowest BCUT2D eigenvalue weighted by atomic mass is 9.89. The number of unbranched alkanes of at least 4 members (excludes halogenated alkanes) is 2. The van der Waals surface area contributed by atoms with Crippen molar-refractivity contribution in [3.05, 3.63) is 57.6 Å². The summed E-state index contributed by atoms with van der Waals surface area (Å²) in [6, 6.07) is 4.98. The number of halogens is 2. The van der Waals surface area contributed by atoms with Crippen LogP contribution in [0.15, 0.2) is 24.3 Å². The Hall–Kier alpha value is -2.90. The molecule has 0 aromatic heterocycles. The summed E-state index contributed by atoms with van der Waals surface area (Å²) in [5.74, 6) is -2.43. The third kappa shape index (κ3) is 6.33. The molecule has 0 aliphatic carbocycles. The lowest BCUT2D eigenvalue weighted by Gasteiger charge is -2.20. The van der Waals surface area contributed by atoms with Crippen LogP contribution in [0, 0.1) is 0 Å². The highest BCUT2D eigenvalue weighted by atomic mass is 35.5. The Morgan fingerprint density at radius 2 is 1.36 bits per heavy atom. The predicted octanol–water partition coefficient (Wildman–Crippen LogP) is 6.32. The van der Waals surface area contributed by atoms with Crippen molar-refractivity contribution in [2.24, 2.45) is 0 Å². The molecule has 2 rings (SSSR count). The minimum Gasteiger partial charge on any atom is -0.478 e. The first-order valence-corrected chi connectivity index (χ1v) is 11.2. The molecule has 176 valence electrons. The predicted molar refractivity (Wildman–Crippen MR) is 124 cm³/mol. The second kappa shape index (κ2) is 11.8. The first kappa shape index (κ1) is 26.4. The maximum Gasteiger partial charge on any atom is 0.336 e. The van der Waals surface area contributed by atoms with Crippen LogP contribution in [0.4, 0.5) is 0 Å². The molecular formula is C24H24Cl2O7. The van der Waals surface area contributed by atoms with Gasteiger partial charge >= 0.3 is 11.9 Å². The van der Waals surface area contributed by atoms with Gasteiger partial charge in [-0.2, -0.15) is 0 Å². The molecule has 0 bridgehead atoms. The molecule has 0 saturated carbocycles. The zero-order chi connectivity index (χ0) is 24.7. The third-order valence-corrected chi connectivity index (χ3v) is 5.55. The van der Waals surface area contributed by atoms with Crippen LogP contribution in [-0.4, -0.2) is 32.6 Å². The van der Waals surface area contributed by atoms with Crippen LogP contribution >= 0.6 is 23.2 Å². The van der Waals surface area contributed by atoms with E-state index < -0.39 is 22.4 Å². The number of aromatic carboxylic acids is 2. The molecule has 0 atom stereocenters. The zero-order valence-electron chi connectivity index (χ0n) is 18.2. The molecule has 0 aliphatic rings. The zero-order valence-corrected chi connectivity index (χ0v) is 19.8. The Balaban J connectivity index is 2.75. The number of carbonyl (C=O) groups is 4. The molecule has 0 fully saturated rings. The van der Waals surface area contributed by atoms with Gasteiger partial charge in [0.15, 0.2) is 0 Å². The highest BCUT2D eigenvalue weighted by molar-refractivity contribution is 6.68. The molecule has 0 unspecified atom stereocenters. The van der Waals surface area contributed by atoms with Crippen LogP contribution < -0.4 is 4.74 Å². The van der Waals surface area contributed by atoms with E-state index in [2.05, 4.69) is 0 Å². The Bertz CT molecular complexity index is 1090. The van der Waals surface area contributed by atoms with Gasteiger partial charge in [0.05, 0.1) is 16.7 Å². The highest BCUT2D eigenvalue weighted by Gasteiger charge is 2.26. The summed E-state index contributed by atoms with van der Waals surface area (Å²) < 4.78 is 5.94. The molecule has 0 saturated heterocycles. The van der Waals surface area contributed by atoms with Crippen molar-refractivity contribution in [3.63, 3.8) is 0 Å². The van der Waals surface area contributed by atoms with E-state index in [-0.39, 0.29) is 33.8 Å². The second-order valence-electron chi connectivity index (χ2n) is 7.43. The van der Waals surface area contributed by atoms with Crippen LogP contribution in [0.2, 0.25) is 0 Å². The third-order valence-electron chi connectivity index (χ3n) is 5.16. The molecule has 2 aromatic rings. The maximum absolute atomic E-state index is 12.2. The normalized spacial score (nSPS) is 10.7. The smallest absolute Gasteiger partial charge is 0.336 e. The minimum absolute atomic E-state index is 0.0506. The largest absolute Gasteiger partial charge is 0.478 e. The van der Waals surface area contributed by atoms with E-state index >= 15 is 0 Å². The molecule has 33 heavy (non-hydrogen) atoms. The van der Waals surface area contributed by atoms with Gasteiger partial charge < -0.3 is 14.9 Å². The van der Waals surface area contributed by atoms with Crippen molar-refractivity contribution >= 4 is 45.6 Å². The summed E-state index contributed by atoms with van der Waals surface area (Å²) in [6.07, 6.45) is 4.04. The van der Waals surface area contributed by atoms with Crippen LogP contribution in [0.25, 0.3) is 0 Å². The summed E-state index contributed by atoms with van der Waals surface area (Å²) in [5, 5.41) is 17.4. The van der Waals surface area contributed by atoms with Crippen LogP contribution in [0.5, 0.6) is 11.5 Å². The molecular weight excluding hydrogens is 471 g/mol. The second-order valence-corrected chi connectivity index (χ2v) is 8.12. The molecule has 0 radical (unpaired) electrons. The van der Waals surface area contributed by atoms with Crippen molar-refractivity contribution in [2.75, 3.05) is 0 Å². The fourth-order valence-electron chi connectivity index (χ4n) is 3.56. The quantitative estimate of drug-likeness (QED) is 0.331. The van der Waals surface area contributed by atoms with Crippen LogP contribution in [0.3, 0.4) is 0 Å². The Labute approximate surface area is 201 Å². The standard InChI is InChI=1S/C24H24Cl2O7/c1-3-5-7-14-15(8-6-4-2)20(22(26)28)18(24(31)32)12-19(14)33-13-9-10-16(21(25)27)17(11-13)23(29)30/h9-12H,3-8H2,1-2H3,(H,29,30)(H,31,32). The SMILES string of the molecule is CCCCc1c(Oc2ccc(C(=O)Cl)c(C(=O)O)c2)cc(C(=O)O)c(C(=O)Cl)c1CCCC. The Morgan fingerprint density at radius 3 is 1.85 bits per heavy atom. The Morgan fingerprint density at radius 1 is 0.788 bits per heavy atom. The van der Waals surface area contributed by atoms with Crippen molar-refractivity contribution in [2.45, 2.75) is 52.4 Å². The number of hydrogen-bond donors (Lipinski definition) is 2. The van der Waals surface area contributed by atoms with Crippen LogP contribution in [-0.2, 0) is 12.8 Å². The summed E-state index contributed by atoms with van der Waals surface area (Å²) in [5.41, 5.74) is 0.285. The summed E-state index contributed by atoms with van der Waals surface area (Å²) in [4.78, 5) is 47.3. The van der Waals surface area contributed by atoms with Gasteiger partial charge in [0.25, 0.3) is 10.5 Å². The number of carboxylic acids is 2. The van der Waals surface area contributed by atoms with E-state index in [9.17, 15) is 29.4 Å². The molecule has 0 spiro atoms. The van der Waals surface area contributed by atoms with E-state index in [1.165, 1.54) is 18.2 Å². The lowest BCUT2D eigenvalue weighted by molar-refractivity contribution is 0.0684. The van der Waals surface area contributed by atoms with Gasteiger partial charge in [-0.25, -0.2) is 9.59 Å². The van der Waals surface area contributed by atoms with Crippen molar-refractivity contribution in [3.8, 4) is 11.5 Å². The van der Waals surface area contributed by atoms with E-state index in [0.29, 0.717) is 30.4 Å². The summed E-state index contributed by atoms with van der Waals surface area (Å²) >= 11 is 11.3. The van der Waals surface area contributed by atoms with Gasteiger partial charge in [-0.05, 0) is 84.3 Å². The number of carboxylic acid groups (broad SMARTS) is 2. The van der Waals surface area contributed by atoms with E-state index in [1.54, 1.807) is 0 Å². The highest BCUT2D eigenvalue weighted by Crippen LogP contribution is 2.36. The average Bonchev–Trinajstić information content (AvgIpc) is 2.75. The number of carbonyl (C=O) groups excluding carboxylic acids is 2. The fraction of sp³-hybridized carbons (Fsp3) is 0.333. The number of hydrogen-bond acceptors (Lipinski definition) is 5. The first-order valence-electron chi connectivity index (χ1n) is 10.5. The van der Waals surface area contributed by atoms with Gasteiger partial charge in [-0.15, -0.1) is 0 Å². The molecule has 2 aromatic carbocycles.